The number of rotatable bonds is 1. The fraction of sp³-hybridized carbons (Fsp3) is 0.485. The zero-order valence-corrected chi connectivity index (χ0v) is 27.2. The van der Waals surface area contributed by atoms with Gasteiger partial charge in [0.1, 0.15) is 23.7 Å². The van der Waals surface area contributed by atoms with Gasteiger partial charge in [-0.25, -0.2) is 13.1 Å². The Balaban J connectivity index is 1.43. The van der Waals surface area contributed by atoms with E-state index in [4.69, 9.17) is 16.3 Å². The van der Waals surface area contributed by atoms with E-state index in [1.54, 1.807) is 37.4 Å². The van der Waals surface area contributed by atoms with Gasteiger partial charge in [-0.05, 0) is 98.7 Å². The van der Waals surface area contributed by atoms with Crippen LogP contribution in [0.25, 0.3) is 0 Å². The lowest BCUT2D eigenvalue weighted by Crippen LogP contribution is -2.48. The van der Waals surface area contributed by atoms with Crippen molar-refractivity contribution in [2.45, 2.75) is 69.8 Å². The smallest absolute Gasteiger partial charge is 0.264 e. The number of ether oxygens (including phenoxy) is 1. The molecule has 6 rings (SSSR count). The predicted molar refractivity (Wildman–Crippen MR) is 173 cm³/mol. The second kappa shape index (κ2) is 12.8. The molecule has 1 fully saturated rings. The van der Waals surface area contributed by atoms with Crippen LogP contribution in [0.1, 0.15) is 73.1 Å². The number of hydrogen-bond donors (Lipinski definition) is 3. The van der Waals surface area contributed by atoms with Crippen LogP contribution in [0.3, 0.4) is 0 Å². The number of anilines is 1. The number of sulfonamides is 1. The predicted octanol–water partition coefficient (Wildman–Crippen LogP) is 5.14. The van der Waals surface area contributed by atoms with Gasteiger partial charge in [-0.3, -0.25) is 9.89 Å². The number of carbonyl (C=O) groups excluding carboxylic acids is 1. The maximum absolute atomic E-state index is 13.4. The summed E-state index contributed by atoms with van der Waals surface area (Å²) in [5.74, 6) is -0.415. The number of aromatic amines is 1. The fourth-order valence-electron chi connectivity index (χ4n) is 6.77. The number of benzene rings is 2. The van der Waals surface area contributed by atoms with Gasteiger partial charge in [0.15, 0.2) is 0 Å². The summed E-state index contributed by atoms with van der Waals surface area (Å²) >= 11 is 6.33. The molecule has 1 aromatic heterocycles. The minimum Gasteiger partial charge on any atom is -0.487 e. The molecule has 3 aromatic rings. The lowest BCUT2D eigenvalue weighted by molar-refractivity contribution is -0.0528. The highest BCUT2D eigenvalue weighted by molar-refractivity contribution is 7.90. The molecule has 2 aliphatic heterocycles. The highest BCUT2D eigenvalue weighted by Crippen LogP contribution is 2.48. The molecule has 0 unspecified atom stereocenters. The van der Waals surface area contributed by atoms with Crippen LogP contribution in [-0.2, 0) is 28.7 Å². The number of allylic oxidation sites excluding steroid dienone is 1. The standard InChI is InChI=1S/C33H40ClN5O5S/c1-21-6-5-14-33(41,31-18-35-38-36-31)28-12-9-25(28)19-39-15-4-3-7-23-16-27(34)11-8-26(23)20-44-30-13-10-24(17-29(30)39)32(40)37-45(42,43)22(21)2/h5,8,10-11,13-14,16-18,21-22,25,28,41H,3-4,6-7,9,12,15,19-20H2,1-2H3,(H,37,40)(H,35,36,38)/b14-5+/t21-,22+,25-,28+,33+/m0/s1. The van der Waals surface area contributed by atoms with E-state index in [1.165, 1.54) is 0 Å². The number of amides is 1. The third kappa shape index (κ3) is 6.48. The molecule has 3 heterocycles. The molecule has 3 aliphatic rings. The van der Waals surface area contributed by atoms with Crippen LogP contribution in [0.4, 0.5) is 5.69 Å². The number of aliphatic hydroxyl groups is 1. The summed E-state index contributed by atoms with van der Waals surface area (Å²) in [6.45, 7) is 5.05. The molecule has 1 saturated carbocycles. The van der Waals surface area contributed by atoms with E-state index in [-0.39, 0.29) is 23.3 Å². The van der Waals surface area contributed by atoms with Crippen LogP contribution in [0.15, 0.2) is 54.7 Å². The molecule has 5 atom stereocenters. The van der Waals surface area contributed by atoms with Crippen LogP contribution in [0.5, 0.6) is 5.75 Å². The lowest BCUT2D eigenvalue weighted by Gasteiger charge is -2.47. The van der Waals surface area contributed by atoms with Gasteiger partial charge in [-0.1, -0.05) is 42.0 Å². The highest BCUT2D eigenvalue weighted by atomic mass is 35.5. The zero-order valence-electron chi connectivity index (χ0n) is 25.6. The molecule has 45 heavy (non-hydrogen) atoms. The van der Waals surface area contributed by atoms with Gasteiger partial charge >= 0.3 is 0 Å². The van der Waals surface area contributed by atoms with Crippen molar-refractivity contribution in [3.8, 4) is 5.75 Å². The minimum atomic E-state index is -4.00. The van der Waals surface area contributed by atoms with E-state index in [0.717, 1.165) is 48.9 Å². The Labute approximate surface area is 269 Å². The topological polar surface area (TPSA) is 138 Å². The fourth-order valence-corrected chi connectivity index (χ4v) is 8.25. The number of carbonyl (C=O) groups is 1. The Hall–Kier alpha value is -3.41. The summed E-state index contributed by atoms with van der Waals surface area (Å²) in [7, 11) is -4.00. The first-order chi connectivity index (χ1) is 21.5. The van der Waals surface area contributed by atoms with Crippen molar-refractivity contribution in [2.24, 2.45) is 17.8 Å². The Morgan fingerprint density at radius 3 is 2.71 bits per heavy atom. The molecular weight excluding hydrogens is 614 g/mol. The van der Waals surface area contributed by atoms with Crippen molar-refractivity contribution >= 4 is 33.2 Å². The Bertz CT molecular complexity index is 1680. The number of hydrogen-bond acceptors (Lipinski definition) is 8. The zero-order chi connectivity index (χ0) is 31.8. The van der Waals surface area contributed by atoms with Crippen molar-refractivity contribution in [1.29, 1.82) is 0 Å². The van der Waals surface area contributed by atoms with Gasteiger partial charge in [0.2, 0.25) is 10.0 Å². The van der Waals surface area contributed by atoms with E-state index in [9.17, 15) is 18.3 Å². The van der Waals surface area contributed by atoms with Crippen molar-refractivity contribution in [1.82, 2.24) is 20.1 Å². The minimum absolute atomic E-state index is 0.118. The number of H-pyrrole nitrogens is 1. The first-order valence-electron chi connectivity index (χ1n) is 15.7. The summed E-state index contributed by atoms with van der Waals surface area (Å²) in [5.41, 5.74) is 2.22. The average molecular weight is 654 g/mol. The average Bonchev–Trinajstić information content (AvgIpc) is 3.54. The van der Waals surface area contributed by atoms with Crippen LogP contribution in [0.2, 0.25) is 5.02 Å². The van der Waals surface area contributed by atoms with Gasteiger partial charge < -0.3 is 14.7 Å². The van der Waals surface area contributed by atoms with Crippen molar-refractivity contribution < 1.29 is 23.1 Å². The summed E-state index contributed by atoms with van der Waals surface area (Å²) in [4.78, 5) is 15.6. The van der Waals surface area contributed by atoms with E-state index in [1.807, 2.05) is 31.2 Å². The van der Waals surface area contributed by atoms with Gasteiger partial charge in [0.05, 0.1) is 10.9 Å². The number of nitrogens with zero attached hydrogens (tertiary/aromatic N) is 3. The number of aromatic nitrogens is 3. The SMILES string of the molecule is C[C@@H]1[C@@H](C)C/C=C/[C@](O)(c2c[nH]nn2)[C@@H]2CC[C@H]2CN2CCCCc3cc(Cl)ccc3COc3ccc(cc32)C(=O)NS1(=O)=O. The Morgan fingerprint density at radius 2 is 1.96 bits per heavy atom. The molecule has 3 N–H and O–H groups in total. The molecule has 12 heteroatoms. The molecule has 0 radical (unpaired) electrons. The molecule has 0 spiro atoms. The first kappa shape index (κ1) is 31.6. The molecule has 2 bridgehead atoms. The van der Waals surface area contributed by atoms with Gasteiger partial charge in [0.25, 0.3) is 5.91 Å². The largest absolute Gasteiger partial charge is 0.487 e. The molecular formula is C33H40ClN5O5S. The van der Waals surface area contributed by atoms with Crippen LogP contribution < -0.4 is 14.4 Å². The number of halogens is 1. The number of nitrogens with one attached hydrogen (secondary N) is 2. The quantitative estimate of drug-likeness (QED) is 0.307. The maximum atomic E-state index is 13.4. The van der Waals surface area contributed by atoms with Crippen LogP contribution >= 0.6 is 11.6 Å². The van der Waals surface area contributed by atoms with Gasteiger partial charge in [0, 0.05) is 35.8 Å². The molecule has 1 amide bonds. The Kier molecular flexibility index (Phi) is 8.96. The summed E-state index contributed by atoms with van der Waals surface area (Å²) in [6.07, 6.45) is 9.97. The van der Waals surface area contributed by atoms with E-state index >= 15 is 0 Å². The second-order valence-electron chi connectivity index (χ2n) is 12.7. The maximum Gasteiger partial charge on any atom is 0.264 e. The third-order valence-corrected chi connectivity index (χ3v) is 12.1. The second-order valence-corrected chi connectivity index (χ2v) is 15.2. The molecule has 1 aliphatic carbocycles. The highest BCUT2D eigenvalue weighted by Gasteiger charge is 2.48. The molecule has 2 aromatic carbocycles. The van der Waals surface area contributed by atoms with E-state index < -0.39 is 26.8 Å². The molecule has 0 saturated heterocycles. The van der Waals surface area contributed by atoms with Gasteiger partial charge in [-0.2, -0.15) is 0 Å². The van der Waals surface area contributed by atoms with Crippen LogP contribution in [0, 0.1) is 17.8 Å². The van der Waals surface area contributed by atoms with E-state index in [0.29, 0.717) is 42.6 Å². The van der Waals surface area contributed by atoms with Crippen LogP contribution in [-0.4, -0.2) is 53.2 Å². The molecule has 10 nitrogen and oxygen atoms in total. The number of fused-ring (bicyclic) bond motifs is 3. The normalized spacial score (nSPS) is 29.5. The van der Waals surface area contributed by atoms with Crippen molar-refractivity contribution in [2.75, 3.05) is 18.0 Å². The summed E-state index contributed by atoms with van der Waals surface area (Å²) in [6, 6.07) is 10.9. The van der Waals surface area contributed by atoms with Crippen molar-refractivity contribution in [3.63, 3.8) is 0 Å². The number of aryl methyl sites for hydroxylation is 1. The van der Waals surface area contributed by atoms with E-state index in [2.05, 4.69) is 25.0 Å². The summed E-state index contributed by atoms with van der Waals surface area (Å²) < 4.78 is 35.4. The Morgan fingerprint density at radius 1 is 1.11 bits per heavy atom. The summed E-state index contributed by atoms with van der Waals surface area (Å²) in [5, 5.41) is 22.8. The van der Waals surface area contributed by atoms with Gasteiger partial charge in [-0.15, -0.1) is 5.10 Å². The van der Waals surface area contributed by atoms with Crippen molar-refractivity contribution in [3.05, 3.63) is 82.2 Å². The first-order valence-corrected chi connectivity index (χ1v) is 17.6. The monoisotopic (exact) mass is 653 g/mol. The lowest BCUT2D eigenvalue weighted by atomic mass is 9.63. The molecule has 240 valence electrons. The third-order valence-electron chi connectivity index (χ3n) is 9.91.